The summed E-state index contributed by atoms with van der Waals surface area (Å²) < 4.78 is 4.68. The molecule has 1 aromatic rings. The number of amides is 2. The molecule has 0 aromatic heterocycles. The first kappa shape index (κ1) is 18.2. The number of carbonyl (C=O) groups is 2. The van der Waals surface area contributed by atoms with Crippen LogP contribution in [0.25, 0.3) is 0 Å². The van der Waals surface area contributed by atoms with Crippen molar-refractivity contribution in [2.75, 3.05) is 57.6 Å². The minimum absolute atomic E-state index is 0.0198. The Morgan fingerprint density at radius 1 is 1.17 bits per heavy atom. The summed E-state index contributed by atoms with van der Waals surface area (Å²) in [6.07, 6.45) is -0.435. The van der Waals surface area contributed by atoms with Crippen molar-refractivity contribution in [1.29, 1.82) is 0 Å². The molecule has 7 nitrogen and oxygen atoms in total. The van der Waals surface area contributed by atoms with Crippen molar-refractivity contribution >= 4 is 23.4 Å². The van der Waals surface area contributed by atoms with Gasteiger partial charge in [-0.3, -0.25) is 14.6 Å². The summed E-state index contributed by atoms with van der Waals surface area (Å²) >= 11 is 0. The lowest BCUT2D eigenvalue weighted by atomic mass is 10.2. The molecule has 0 spiro atoms. The van der Waals surface area contributed by atoms with Gasteiger partial charge in [0.25, 0.3) is 0 Å². The topological polar surface area (TPSA) is 65.1 Å². The van der Waals surface area contributed by atoms with Crippen LogP contribution in [-0.4, -0.2) is 75.2 Å². The Morgan fingerprint density at radius 3 is 2.29 bits per heavy atom. The van der Waals surface area contributed by atoms with Crippen LogP contribution >= 0.6 is 0 Å². The number of carbonyl (C=O) groups excluding carboxylic acids is 2. The summed E-state index contributed by atoms with van der Waals surface area (Å²) in [6.45, 7) is 5.68. The van der Waals surface area contributed by atoms with Crippen molar-refractivity contribution < 1.29 is 14.3 Å². The van der Waals surface area contributed by atoms with Gasteiger partial charge < -0.3 is 15.0 Å². The van der Waals surface area contributed by atoms with Crippen LogP contribution in [-0.2, 0) is 9.53 Å². The second kappa shape index (κ2) is 8.12. The third-order valence-corrected chi connectivity index (χ3v) is 4.44. The molecule has 1 fully saturated rings. The third-order valence-electron chi connectivity index (χ3n) is 4.44. The third kappa shape index (κ3) is 4.46. The zero-order chi connectivity index (χ0) is 17.7. The molecule has 1 saturated heterocycles. The average molecular weight is 334 g/mol. The molecule has 1 aliphatic heterocycles. The first-order chi connectivity index (χ1) is 11.4. The van der Waals surface area contributed by atoms with Crippen LogP contribution in [0.4, 0.5) is 16.2 Å². The van der Waals surface area contributed by atoms with Gasteiger partial charge in [0.05, 0.1) is 13.2 Å². The highest BCUT2D eigenvalue weighted by Crippen LogP contribution is 2.18. The molecule has 132 valence electrons. The maximum Gasteiger partial charge on any atom is 0.413 e. The van der Waals surface area contributed by atoms with E-state index in [0.29, 0.717) is 11.4 Å². The molecule has 2 amide bonds. The average Bonchev–Trinajstić information content (AvgIpc) is 2.61. The molecule has 24 heavy (non-hydrogen) atoms. The maximum absolute atomic E-state index is 12.4. The first-order valence-corrected chi connectivity index (χ1v) is 8.07. The molecule has 1 atom stereocenters. The van der Waals surface area contributed by atoms with E-state index in [1.54, 1.807) is 31.3 Å². The standard InChI is InChI=1S/C17H26N4O3/c1-13(21-11-9-19(2)10-12-21)16(22)18-14-5-7-15(8-6-14)20(3)17(23)24-4/h5-8,13H,9-12H2,1-4H3,(H,18,22)/t13-/m1/s1. The second-order valence-corrected chi connectivity index (χ2v) is 6.08. The van der Waals surface area contributed by atoms with Gasteiger partial charge in [0.15, 0.2) is 0 Å². The SMILES string of the molecule is COC(=O)N(C)c1ccc(NC(=O)[C@@H](C)N2CCN(C)CC2)cc1. The predicted molar refractivity (Wildman–Crippen MR) is 94.4 cm³/mol. The van der Waals surface area contributed by atoms with Gasteiger partial charge in [-0.25, -0.2) is 4.79 Å². The number of anilines is 2. The van der Waals surface area contributed by atoms with Crippen LogP contribution < -0.4 is 10.2 Å². The quantitative estimate of drug-likeness (QED) is 0.903. The highest BCUT2D eigenvalue weighted by Gasteiger charge is 2.24. The Labute approximate surface area is 143 Å². The summed E-state index contributed by atoms with van der Waals surface area (Å²) in [7, 11) is 5.07. The van der Waals surface area contributed by atoms with Crippen LogP contribution in [0.2, 0.25) is 0 Å². The Hall–Kier alpha value is -2.12. The van der Waals surface area contributed by atoms with Gasteiger partial charge in [-0.2, -0.15) is 0 Å². The highest BCUT2D eigenvalue weighted by molar-refractivity contribution is 5.95. The van der Waals surface area contributed by atoms with Gasteiger partial charge in [0.2, 0.25) is 5.91 Å². The fourth-order valence-electron chi connectivity index (χ4n) is 2.63. The van der Waals surface area contributed by atoms with E-state index in [1.165, 1.54) is 12.0 Å². The van der Waals surface area contributed by atoms with Gasteiger partial charge in [-0.1, -0.05) is 0 Å². The number of likely N-dealkylation sites (N-methyl/N-ethyl adjacent to an activating group) is 1. The Bertz CT molecular complexity index is 568. The molecular formula is C17H26N4O3. The van der Waals surface area contributed by atoms with E-state index in [9.17, 15) is 9.59 Å². The summed E-state index contributed by atoms with van der Waals surface area (Å²) in [4.78, 5) is 29.8. The van der Waals surface area contributed by atoms with E-state index in [-0.39, 0.29) is 11.9 Å². The van der Waals surface area contributed by atoms with Crippen molar-refractivity contribution in [2.45, 2.75) is 13.0 Å². The largest absolute Gasteiger partial charge is 0.452 e. The van der Waals surface area contributed by atoms with E-state index in [4.69, 9.17) is 0 Å². The van der Waals surface area contributed by atoms with E-state index in [0.717, 1.165) is 26.2 Å². The molecule has 7 heteroatoms. The first-order valence-electron chi connectivity index (χ1n) is 8.07. The number of hydrogen-bond acceptors (Lipinski definition) is 5. The van der Waals surface area contributed by atoms with Crippen molar-refractivity contribution in [1.82, 2.24) is 9.80 Å². The molecule has 0 saturated carbocycles. The summed E-state index contributed by atoms with van der Waals surface area (Å²) in [5, 5.41) is 2.93. The van der Waals surface area contributed by atoms with E-state index in [1.807, 2.05) is 6.92 Å². The van der Waals surface area contributed by atoms with Crippen LogP contribution in [0.5, 0.6) is 0 Å². The molecular weight excluding hydrogens is 308 g/mol. The van der Waals surface area contributed by atoms with Crippen molar-refractivity contribution in [3.05, 3.63) is 24.3 Å². The van der Waals surface area contributed by atoms with E-state index < -0.39 is 6.09 Å². The molecule has 1 N–H and O–H groups in total. The molecule has 1 aliphatic rings. The number of nitrogens with zero attached hydrogens (tertiary/aromatic N) is 3. The molecule has 0 aliphatic carbocycles. The van der Waals surface area contributed by atoms with Crippen molar-refractivity contribution in [3.8, 4) is 0 Å². The lowest BCUT2D eigenvalue weighted by Gasteiger charge is -2.35. The monoisotopic (exact) mass is 334 g/mol. The number of ether oxygens (including phenoxy) is 1. The number of rotatable bonds is 4. The predicted octanol–water partition coefficient (Wildman–Crippen LogP) is 1.46. The zero-order valence-electron chi connectivity index (χ0n) is 14.8. The van der Waals surface area contributed by atoms with E-state index >= 15 is 0 Å². The normalized spacial score (nSPS) is 17.2. The van der Waals surface area contributed by atoms with Gasteiger partial charge in [0, 0.05) is 44.6 Å². The van der Waals surface area contributed by atoms with Crippen LogP contribution in [0.3, 0.4) is 0 Å². The zero-order valence-corrected chi connectivity index (χ0v) is 14.8. The minimum Gasteiger partial charge on any atom is -0.452 e. The minimum atomic E-state index is -0.435. The molecule has 0 unspecified atom stereocenters. The van der Waals surface area contributed by atoms with Gasteiger partial charge >= 0.3 is 6.09 Å². The van der Waals surface area contributed by atoms with Gasteiger partial charge in [-0.05, 0) is 38.2 Å². The van der Waals surface area contributed by atoms with E-state index in [2.05, 4.69) is 26.9 Å². The summed E-state index contributed by atoms with van der Waals surface area (Å²) in [6, 6.07) is 6.93. The molecule has 0 bridgehead atoms. The number of nitrogens with one attached hydrogen (secondary N) is 1. The van der Waals surface area contributed by atoms with Crippen molar-refractivity contribution in [2.24, 2.45) is 0 Å². The van der Waals surface area contributed by atoms with Gasteiger partial charge in [0.1, 0.15) is 0 Å². The second-order valence-electron chi connectivity index (χ2n) is 6.08. The van der Waals surface area contributed by atoms with Crippen LogP contribution in [0.15, 0.2) is 24.3 Å². The Morgan fingerprint density at radius 2 is 1.75 bits per heavy atom. The molecule has 2 rings (SSSR count). The van der Waals surface area contributed by atoms with Crippen molar-refractivity contribution in [3.63, 3.8) is 0 Å². The fraction of sp³-hybridized carbons (Fsp3) is 0.529. The lowest BCUT2D eigenvalue weighted by Crippen LogP contribution is -2.51. The number of benzene rings is 1. The molecule has 1 heterocycles. The molecule has 0 radical (unpaired) electrons. The van der Waals surface area contributed by atoms with Gasteiger partial charge in [-0.15, -0.1) is 0 Å². The molecule has 1 aromatic carbocycles. The van der Waals surface area contributed by atoms with Crippen LogP contribution in [0, 0.1) is 0 Å². The summed E-state index contributed by atoms with van der Waals surface area (Å²) in [5.41, 5.74) is 1.41. The van der Waals surface area contributed by atoms with Crippen LogP contribution in [0.1, 0.15) is 6.92 Å². The Kier molecular flexibility index (Phi) is 6.16. The number of piperazine rings is 1. The number of hydrogen-bond donors (Lipinski definition) is 1. The maximum atomic E-state index is 12.4. The highest BCUT2D eigenvalue weighted by atomic mass is 16.5. The smallest absolute Gasteiger partial charge is 0.413 e. The Balaban J connectivity index is 1.93. The fourth-order valence-corrected chi connectivity index (χ4v) is 2.63. The number of methoxy groups -OCH3 is 1. The lowest BCUT2D eigenvalue weighted by molar-refractivity contribution is -0.121. The summed E-state index contributed by atoms with van der Waals surface area (Å²) in [5.74, 6) is -0.0198.